The molecule has 3 aromatic carbocycles. The number of ether oxygens (including phenoxy) is 1. The number of unbranched alkanes of at least 4 members (excludes halogenated alkanes) is 1. The van der Waals surface area contributed by atoms with Crippen molar-refractivity contribution in [2.24, 2.45) is 11.1 Å². The number of imidazole rings is 2. The van der Waals surface area contributed by atoms with E-state index in [1.165, 1.54) is 7.11 Å². The van der Waals surface area contributed by atoms with Crippen molar-refractivity contribution >= 4 is 33.7 Å². The maximum absolute atomic E-state index is 12.2. The quantitative estimate of drug-likeness (QED) is 0.153. The summed E-state index contributed by atoms with van der Waals surface area (Å²) in [6.45, 7) is 8.10. The highest BCUT2D eigenvalue weighted by Crippen LogP contribution is 2.35. The van der Waals surface area contributed by atoms with Gasteiger partial charge >= 0.3 is 5.97 Å². The highest BCUT2D eigenvalue weighted by Gasteiger charge is 2.22. The van der Waals surface area contributed by atoms with Gasteiger partial charge in [-0.1, -0.05) is 33.3 Å². The highest BCUT2D eigenvalue weighted by atomic mass is 16.5. The zero-order valence-electron chi connectivity index (χ0n) is 22.1. The lowest BCUT2D eigenvalue weighted by atomic mass is 10.1. The molecule has 0 N–H and O–H groups in total. The van der Waals surface area contributed by atoms with Crippen molar-refractivity contribution in [1.82, 2.24) is 19.1 Å². The third-order valence-electron chi connectivity index (χ3n) is 6.69. The number of hydrogen-bond donors (Lipinski definition) is 0. The number of nitrogens with zero attached hydrogens (tertiary/aromatic N) is 5. The van der Waals surface area contributed by atoms with Gasteiger partial charge in [0.1, 0.15) is 17.3 Å². The van der Waals surface area contributed by atoms with E-state index < -0.39 is 0 Å². The van der Waals surface area contributed by atoms with Crippen LogP contribution in [0.2, 0.25) is 0 Å². The minimum absolute atomic E-state index is 0.382. The molecule has 0 amide bonds. The molecule has 8 heteroatoms. The van der Waals surface area contributed by atoms with Gasteiger partial charge in [0.25, 0.3) is 0 Å². The van der Waals surface area contributed by atoms with Gasteiger partial charge in [0.05, 0.1) is 34.7 Å². The van der Waals surface area contributed by atoms with Gasteiger partial charge in [0.15, 0.2) is 0 Å². The van der Waals surface area contributed by atoms with Gasteiger partial charge in [-0.05, 0) is 72.1 Å². The van der Waals surface area contributed by atoms with Crippen molar-refractivity contribution in [3.8, 4) is 22.8 Å². The Hall–Kier alpha value is -4.33. The van der Waals surface area contributed by atoms with Gasteiger partial charge in [0.2, 0.25) is 0 Å². The number of carbonyl (C=O) groups excluding carboxylic acids is 1. The summed E-state index contributed by atoms with van der Waals surface area (Å²) in [5.74, 6) is 1.69. The van der Waals surface area contributed by atoms with Crippen LogP contribution in [0, 0.1) is 10.8 Å². The van der Waals surface area contributed by atoms with Gasteiger partial charge in [-0.25, -0.2) is 14.8 Å². The summed E-state index contributed by atoms with van der Waals surface area (Å²) in [7, 11) is 1.38. The van der Waals surface area contributed by atoms with Crippen molar-refractivity contribution in [2.45, 2.75) is 46.7 Å². The second kappa shape index (κ2) is 10.6. The van der Waals surface area contributed by atoms with Crippen molar-refractivity contribution in [3.63, 3.8) is 0 Å². The summed E-state index contributed by atoms with van der Waals surface area (Å²) in [6.07, 6.45) is 2.03. The van der Waals surface area contributed by atoms with E-state index in [1.807, 2.05) is 30.3 Å². The van der Waals surface area contributed by atoms with E-state index in [9.17, 15) is 9.70 Å². The smallest absolute Gasteiger partial charge is 0.337 e. The minimum atomic E-state index is -0.382. The van der Waals surface area contributed by atoms with Crippen LogP contribution in [-0.4, -0.2) is 32.2 Å². The molecule has 0 aliphatic rings. The number of methoxy groups -OCH3 is 1. The molecule has 0 bridgehead atoms. The first-order chi connectivity index (χ1) is 18.4. The number of rotatable bonds is 9. The molecule has 0 radical (unpaired) electrons. The second-order valence-electron chi connectivity index (χ2n) is 9.89. The lowest BCUT2D eigenvalue weighted by Crippen LogP contribution is -2.08. The molecule has 5 rings (SSSR count). The van der Waals surface area contributed by atoms with E-state index in [0.717, 1.165) is 70.8 Å². The van der Waals surface area contributed by atoms with Crippen LogP contribution in [0.5, 0.6) is 0 Å². The first-order valence-corrected chi connectivity index (χ1v) is 13.0. The molecule has 0 fully saturated rings. The molecule has 38 heavy (non-hydrogen) atoms. The Morgan fingerprint density at radius 1 is 0.974 bits per heavy atom. The van der Waals surface area contributed by atoms with Crippen LogP contribution in [0.15, 0.2) is 65.8 Å². The second-order valence-corrected chi connectivity index (χ2v) is 9.89. The molecular weight excluding hydrogens is 478 g/mol. The average molecular weight is 510 g/mol. The molecule has 0 unspecified atom stereocenters. The van der Waals surface area contributed by atoms with Gasteiger partial charge in [0, 0.05) is 24.2 Å². The molecule has 8 nitrogen and oxygen atoms in total. The molecule has 0 saturated heterocycles. The van der Waals surface area contributed by atoms with E-state index in [1.54, 1.807) is 24.3 Å². The fraction of sp³-hybridized carbons (Fsp3) is 0.300. The van der Waals surface area contributed by atoms with Gasteiger partial charge < -0.3 is 13.9 Å². The minimum Gasteiger partial charge on any atom is -0.465 e. The molecular formula is C30H31N5O3. The predicted molar refractivity (Wildman–Crippen MR) is 150 cm³/mol. The Bertz CT molecular complexity index is 1630. The van der Waals surface area contributed by atoms with Crippen LogP contribution in [0.4, 0.5) is 5.69 Å². The SMILES string of the molecule is CCCCn1c(-c2ccc(N=O)cc2)nc2cccc(-c3nc4cc(C(=O)OC)ccc4n3CC(C)C)c21. The van der Waals surface area contributed by atoms with Crippen LogP contribution in [0.3, 0.4) is 0 Å². The Balaban J connectivity index is 1.77. The van der Waals surface area contributed by atoms with Gasteiger partial charge in [-0.2, -0.15) is 0 Å². The van der Waals surface area contributed by atoms with Gasteiger partial charge in [-0.15, -0.1) is 4.91 Å². The number of esters is 1. The van der Waals surface area contributed by atoms with E-state index in [4.69, 9.17) is 14.7 Å². The number of hydrogen-bond acceptors (Lipinski definition) is 6. The van der Waals surface area contributed by atoms with Crippen LogP contribution in [0.25, 0.3) is 44.8 Å². The summed E-state index contributed by atoms with van der Waals surface area (Å²) in [6, 6.07) is 18.9. The average Bonchev–Trinajstić information content (AvgIpc) is 3.49. The molecule has 5 aromatic rings. The third kappa shape index (κ3) is 4.58. The van der Waals surface area contributed by atoms with Crippen LogP contribution in [0.1, 0.15) is 44.0 Å². The normalized spacial score (nSPS) is 11.5. The first-order valence-electron chi connectivity index (χ1n) is 13.0. The molecule has 0 atom stereocenters. The Morgan fingerprint density at radius 2 is 1.74 bits per heavy atom. The Morgan fingerprint density at radius 3 is 2.42 bits per heavy atom. The first kappa shape index (κ1) is 25.3. The maximum Gasteiger partial charge on any atom is 0.337 e. The number of carbonyl (C=O) groups is 1. The standard InChI is InChI=1S/C30H31N5O3/c1-5-6-16-34-27-23(8-7-9-24(27)31-28(34)20-10-13-22(33-37)14-11-20)29-32-25-17-21(30(36)38-4)12-15-26(25)35(29)18-19(2)3/h7-15,17,19H,5-6,16,18H2,1-4H3. The predicted octanol–water partition coefficient (Wildman–Crippen LogP) is 7.36. The van der Waals surface area contributed by atoms with Crippen LogP contribution in [-0.2, 0) is 17.8 Å². The highest BCUT2D eigenvalue weighted by molar-refractivity contribution is 5.97. The number of fused-ring (bicyclic) bond motifs is 2. The topological polar surface area (TPSA) is 91.4 Å². The summed E-state index contributed by atoms with van der Waals surface area (Å²) < 4.78 is 9.43. The third-order valence-corrected chi connectivity index (χ3v) is 6.69. The Kier molecular flexibility index (Phi) is 7.05. The van der Waals surface area contributed by atoms with E-state index >= 15 is 0 Å². The zero-order chi connectivity index (χ0) is 26.8. The number of nitroso groups, excluding NO2 is 1. The largest absolute Gasteiger partial charge is 0.465 e. The maximum atomic E-state index is 12.2. The van der Waals surface area contributed by atoms with E-state index in [0.29, 0.717) is 17.2 Å². The zero-order valence-corrected chi connectivity index (χ0v) is 22.1. The van der Waals surface area contributed by atoms with Crippen molar-refractivity contribution < 1.29 is 9.53 Å². The summed E-state index contributed by atoms with van der Waals surface area (Å²) >= 11 is 0. The summed E-state index contributed by atoms with van der Waals surface area (Å²) in [5.41, 5.74) is 6.38. The lowest BCUT2D eigenvalue weighted by molar-refractivity contribution is 0.0601. The fourth-order valence-corrected chi connectivity index (χ4v) is 4.92. The molecule has 0 aliphatic heterocycles. The summed E-state index contributed by atoms with van der Waals surface area (Å²) in [4.78, 5) is 33.2. The molecule has 0 spiro atoms. The Labute approximate surface area is 221 Å². The van der Waals surface area contributed by atoms with Crippen molar-refractivity contribution in [3.05, 3.63) is 71.1 Å². The lowest BCUT2D eigenvalue weighted by Gasteiger charge is -2.15. The van der Waals surface area contributed by atoms with Crippen molar-refractivity contribution in [1.29, 1.82) is 0 Å². The number of aromatic nitrogens is 4. The molecule has 2 aromatic heterocycles. The molecule has 0 saturated carbocycles. The van der Waals surface area contributed by atoms with Crippen LogP contribution < -0.4 is 0 Å². The van der Waals surface area contributed by atoms with Gasteiger partial charge in [-0.3, -0.25) is 0 Å². The molecule has 0 aliphatic carbocycles. The fourth-order valence-electron chi connectivity index (χ4n) is 4.92. The number of para-hydroxylation sites is 1. The van der Waals surface area contributed by atoms with E-state index in [2.05, 4.69) is 41.1 Å². The van der Waals surface area contributed by atoms with Crippen molar-refractivity contribution in [2.75, 3.05) is 7.11 Å². The molecule has 2 heterocycles. The number of aryl methyl sites for hydroxylation is 1. The molecule has 194 valence electrons. The number of benzene rings is 3. The summed E-state index contributed by atoms with van der Waals surface area (Å²) in [5, 5.41) is 3.03. The monoisotopic (exact) mass is 509 g/mol. The van der Waals surface area contributed by atoms with Crippen LogP contribution >= 0.6 is 0 Å². The van der Waals surface area contributed by atoms with E-state index in [-0.39, 0.29) is 5.97 Å².